The van der Waals surface area contributed by atoms with Gasteiger partial charge in [0.25, 0.3) is 0 Å². The van der Waals surface area contributed by atoms with Crippen molar-refractivity contribution in [2.75, 3.05) is 0 Å². The number of fused-ring (bicyclic) bond motifs is 3. The molecule has 1 aromatic heterocycles. The topological polar surface area (TPSA) is 53.1 Å². The van der Waals surface area contributed by atoms with Gasteiger partial charge in [-0.1, -0.05) is 25.1 Å². The highest BCUT2D eigenvalue weighted by atomic mass is 16.4. The van der Waals surface area contributed by atoms with E-state index in [0.717, 1.165) is 30.5 Å². The quantitative estimate of drug-likeness (QED) is 0.850. The Kier molecular flexibility index (Phi) is 2.44. The molecule has 3 nitrogen and oxygen atoms in total. The molecule has 1 heterocycles. The lowest BCUT2D eigenvalue weighted by molar-refractivity contribution is -0.138. The minimum absolute atomic E-state index is 0.201. The Hall–Kier alpha value is -1.77. The number of carbonyl (C=O) groups is 1. The number of carboxylic acids is 1. The van der Waals surface area contributed by atoms with Crippen molar-refractivity contribution in [3.63, 3.8) is 0 Å². The average Bonchev–Trinajstić information content (AvgIpc) is 2.69. The zero-order chi connectivity index (χ0) is 12.8. The van der Waals surface area contributed by atoms with Gasteiger partial charge in [-0.15, -0.1) is 0 Å². The van der Waals surface area contributed by atoms with Crippen LogP contribution >= 0.6 is 0 Å². The molecule has 18 heavy (non-hydrogen) atoms. The summed E-state index contributed by atoms with van der Waals surface area (Å²) in [6.07, 6.45) is 3.26. The van der Waals surface area contributed by atoms with Crippen LogP contribution in [0.15, 0.2) is 24.3 Å². The summed E-state index contributed by atoms with van der Waals surface area (Å²) in [6.45, 7) is 2.06. The summed E-state index contributed by atoms with van der Waals surface area (Å²) in [5, 5.41) is 10.4. The van der Waals surface area contributed by atoms with E-state index in [-0.39, 0.29) is 11.8 Å². The summed E-state index contributed by atoms with van der Waals surface area (Å²) in [6, 6.07) is 8.24. The number of aliphatic carboxylic acids is 1. The number of para-hydroxylation sites is 1. The fraction of sp³-hybridized carbons (Fsp3) is 0.400. The standard InChI is InChI=1S/C15H17NO2/c1-15(9-13(17)18)8-4-6-11-10-5-2-3-7-12(10)16-14(11)15/h2-3,5,7,16H,4,6,8-9H2,1H3,(H,17,18)/t15-/m1/s1. The van der Waals surface area contributed by atoms with Crippen LogP contribution in [-0.4, -0.2) is 16.1 Å². The number of aromatic amines is 1. The summed E-state index contributed by atoms with van der Waals surface area (Å²) >= 11 is 0. The molecular weight excluding hydrogens is 226 g/mol. The van der Waals surface area contributed by atoms with Crippen molar-refractivity contribution in [1.82, 2.24) is 4.98 Å². The smallest absolute Gasteiger partial charge is 0.304 e. The lowest BCUT2D eigenvalue weighted by Crippen LogP contribution is -2.30. The maximum Gasteiger partial charge on any atom is 0.304 e. The van der Waals surface area contributed by atoms with Crippen molar-refractivity contribution in [2.24, 2.45) is 0 Å². The van der Waals surface area contributed by atoms with E-state index in [0.29, 0.717) is 0 Å². The van der Waals surface area contributed by atoms with Crippen molar-refractivity contribution in [3.05, 3.63) is 35.5 Å². The third-order valence-corrected chi connectivity index (χ3v) is 4.11. The number of rotatable bonds is 2. The number of benzene rings is 1. The second kappa shape index (κ2) is 3.87. The lowest BCUT2D eigenvalue weighted by Gasteiger charge is -2.32. The van der Waals surface area contributed by atoms with Crippen LogP contribution in [0.1, 0.15) is 37.4 Å². The van der Waals surface area contributed by atoms with E-state index in [9.17, 15) is 4.79 Å². The fourth-order valence-electron chi connectivity index (χ4n) is 3.27. The third kappa shape index (κ3) is 1.62. The molecule has 0 unspecified atom stereocenters. The van der Waals surface area contributed by atoms with E-state index >= 15 is 0 Å². The van der Waals surface area contributed by atoms with Gasteiger partial charge in [-0.25, -0.2) is 0 Å². The van der Waals surface area contributed by atoms with E-state index in [2.05, 4.69) is 24.0 Å². The van der Waals surface area contributed by atoms with Gasteiger partial charge in [-0.05, 0) is 30.9 Å². The van der Waals surface area contributed by atoms with Crippen molar-refractivity contribution >= 4 is 16.9 Å². The van der Waals surface area contributed by atoms with Gasteiger partial charge in [0.1, 0.15) is 0 Å². The zero-order valence-corrected chi connectivity index (χ0v) is 10.5. The van der Waals surface area contributed by atoms with Crippen LogP contribution in [-0.2, 0) is 16.6 Å². The first kappa shape index (κ1) is 11.3. The van der Waals surface area contributed by atoms with Crippen LogP contribution in [0.4, 0.5) is 0 Å². The highest BCUT2D eigenvalue weighted by Gasteiger charge is 2.36. The first-order valence-electron chi connectivity index (χ1n) is 6.42. The van der Waals surface area contributed by atoms with Gasteiger partial charge in [0, 0.05) is 22.0 Å². The molecule has 3 rings (SSSR count). The van der Waals surface area contributed by atoms with Crippen molar-refractivity contribution in [3.8, 4) is 0 Å². The van der Waals surface area contributed by atoms with E-state index in [1.54, 1.807) is 0 Å². The Balaban J connectivity index is 2.18. The molecule has 0 spiro atoms. The molecule has 94 valence electrons. The Labute approximate surface area is 106 Å². The van der Waals surface area contributed by atoms with Crippen LogP contribution in [0, 0.1) is 0 Å². The highest BCUT2D eigenvalue weighted by molar-refractivity contribution is 5.85. The maximum atomic E-state index is 11.1. The van der Waals surface area contributed by atoms with E-state index in [1.807, 2.05) is 12.1 Å². The minimum Gasteiger partial charge on any atom is -0.481 e. The van der Waals surface area contributed by atoms with Gasteiger partial charge in [0.2, 0.25) is 0 Å². The molecule has 0 amide bonds. The summed E-state index contributed by atoms with van der Waals surface area (Å²) in [4.78, 5) is 14.5. The summed E-state index contributed by atoms with van der Waals surface area (Å²) in [5.41, 5.74) is 3.33. The van der Waals surface area contributed by atoms with E-state index in [1.165, 1.54) is 10.9 Å². The second-order valence-electron chi connectivity index (χ2n) is 5.51. The third-order valence-electron chi connectivity index (χ3n) is 4.11. The number of aromatic nitrogens is 1. The maximum absolute atomic E-state index is 11.1. The Morgan fingerprint density at radius 3 is 3.00 bits per heavy atom. The van der Waals surface area contributed by atoms with Gasteiger partial charge >= 0.3 is 5.97 Å². The molecule has 2 aromatic rings. The monoisotopic (exact) mass is 243 g/mol. The fourth-order valence-corrected chi connectivity index (χ4v) is 3.27. The number of carboxylic acid groups (broad SMARTS) is 1. The highest BCUT2D eigenvalue weighted by Crippen LogP contribution is 2.42. The molecule has 0 fully saturated rings. The van der Waals surface area contributed by atoms with Crippen molar-refractivity contribution in [2.45, 2.75) is 38.0 Å². The van der Waals surface area contributed by atoms with Crippen molar-refractivity contribution in [1.29, 1.82) is 0 Å². The average molecular weight is 243 g/mol. The summed E-state index contributed by atoms with van der Waals surface area (Å²) in [5.74, 6) is -0.719. The number of nitrogens with one attached hydrogen (secondary N) is 1. The predicted molar refractivity (Wildman–Crippen MR) is 70.8 cm³/mol. The molecular formula is C15H17NO2. The number of H-pyrrole nitrogens is 1. The molecule has 0 saturated carbocycles. The number of hydrogen-bond acceptors (Lipinski definition) is 1. The molecule has 1 aliphatic rings. The molecule has 3 heteroatoms. The molecule has 0 bridgehead atoms. The van der Waals surface area contributed by atoms with Gasteiger partial charge < -0.3 is 10.1 Å². The van der Waals surface area contributed by atoms with E-state index in [4.69, 9.17) is 5.11 Å². The summed E-state index contributed by atoms with van der Waals surface area (Å²) < 4.78 is 0. The van der Waals surface area contributed by atoms with Gasteiger partial charge in [-0.2, -0.15) is 0 Å². The van der Waals surface area contributed by atoms with Crippen LogP contribution in [0.2, 0.25) is 0 Å². The largest absolute Gasteiger partial charge is 0.481 e. The Morgan fingerprint density at radius 2 is 2.22 bits per heavy atom. The number of aryl methyl sites for hydroxylation is 1. The molecule has 0 aliphatic heterocycles. The summed E-state index contributed by atoms with van der Waals surface area (Å²) in [7, 11) is 0. The van der Waals surface area contributed by atoms with Crippen LogP contribution in [0.25, 0.3) is 10.9 Å². The molecule has 0 radical (unpaired) electrons. The van der Waals surface area contributed by atoms with Crippen molar-refractivity contribution < 1.29 is 9.90 Å². The predicted octanol–water partition coefficient (Wildman–Crippen LogP) is 3.24. The van der Waals surface area contributed by atoms with Gasteiger partial charge in [-0.3, -0.25) is 4.79 Å². The normalized spacial score (nSPS) is 22.9. The molecule has 1 aliphatic carbocycles. The Bertz CT molecular complexity index is 614. The van der Waals surface area contributed by atoms with Gasteiger partial charge in [0.05, 0.1) is 6.42 Å². The van der Waals surface area contributed by atoms with Gasteiger partial charge in [0.15, 0.2) is 0 Å². The zero-order valence-electron chi connectivity index (χ0n) is 10.5. The molecule has 2 N–H and O–H groups in total. The van der Waals surface area contributed by atoms with E-state index < -0.39 is 5.97 Å². The van der Waals surface area contributed by atoms with Crippen LogP contribution in [0.3, 0.4) is 0 Å². The minimum atomic E-state index is -0.719. The molecule has 1 aromatic carbocycles. The SMILES string of the molecule is C[C@]1(CC(=O)O)CCCc2c1[nH]c1ccccc21. The van der Waals surface area contributed by atoms with Crippen LogP contribution in [0.5, 0.6) is 0 Å². The first-order chi connectivity index (χ1) is 8.60. The number of hydrogen-bond donors (Lipinski definition) is 2. The van der Waals surface area contributed by atoms with Crippen LogP contribution < -0.4 is 0 Å². The lowest BCUT2D eigenvalue weighted by atomic mass is 9.72. The Morgan fingerprint density at radius 1 is 1.44 bits per heavy atom. The molecule has 0 saturated heterocycles. The first-order valence-corrected chi connectivity index (χ1v) is 6.42. The second-order valence-corrected chi connectivity index (χ2v) is 5.51. The molecule has 1 atom stereocenters.